The van der Waals surface area contributed by atoms with Gasteiger partial charge in [0.25, 0.3) is 0 Å². The summed E-state index contributed by atoms with van der Waals surface area (Å²) in [6.07, 6.45) is 1.47. The molecular weight excluding hydrogens is 278 g/mol. The number of ether oxygens (including phenoxy) is 1. The number of nitrogens with zero attached hydrogens (tertiary/aromatic N) is 3. The summed E-state index contributed by atoms with van der Waals surface area (Å²) in [6, 6.07) is 2.45. The van der Waals surface area contributed by atoms with Gasteiger partial charge in [0.05, 0.1) is 29.1 Å². The zero-order valence-electron chi connectivity index (χ0n) is 12.4. The van der Waals surface area contributed by atoms with Gasteiger partial charge in [-0.2, -0.15) is 0 Å². The molecule has 1 aromatic rings. The number of hydrogen-bond donors (Lipinski definition) is 0. The maximum absolute atomic E-state index is 11.3. The first-order valence-electron chi connectivity index (χ1n) is 6.71. The third-order valence-corrected chi connectivity index (χ3v) is 2.98. The van der Waals surface area contributed by atoms with E-state index in [1.54, 1.807) is 4.90 Å². The largest absolute Gasteiger partial charge is 0.496 e. The SMILES string of the molecule is CCCN(CCC)c1c([N+](=O)[O-])cc(OC)cc1[N+](=O)[O-]. The van der Waals surface area contributed by atoms with Crippen molar-refractivity contribution in [1.29, 1.82) is 0 Å². The zero-order chi connectivity index (χ0) is 16.0. The first-order valence-corrected chi connectivity index (χ1v) is 6.71. The van der Waals surface area contributed by atoms with Crippen molar-refractivity contribution in [3.8, 4) is 5.75 Å². The maximum atomic E-state index is 11.3. The van der Waals surface area contributed by atoms with Crippen LogP contribution in [0, 0.1) is 20.2 Å². The molecule has 8 nitrogen and oxygen atoms in total. The Morgan fingerprint density at radius 2 is 1.48 bits per heavy atom. The zero-order valence-corrected chi connectivity index (χ0v) is 12.4. The van der Waals surface area contributed by atoms with Crippen molar-refractivity contribution >= 4 is 17.1 Å². The van der Waals surface area contributed by atoms with E-state index in [4.69, 9.17) is 4.74 Å². The lowest BCUT2D eigenvalue weighted by atomic mass is 10.1. The van der Waals surface area contributed by atoms with E-state index in [0.717, 1.165) is 12.8 Å². The number of methoxy groups -OCH3 is 1. The number of hydrogen-bond acceptors (Lipinski definition) is 6. The normalized spacial score (nSPS) is 10.2. The number of nitro benzene ring substituents is 2. The Bertz CT molecular complexity index is 492. The summed E-state index contributed by atoms with van der Waals surface area (Å²) in [6.45, 7) is 4.87. The third-order valence-electron chi connectivity index (χ3n) is 2.98. The molecule has 1 aromatic carbocycles. The molecule has 116 valence electrons. The predicted molar refractivity (Wildman–Crippen MR) is 79.1 cm³/mol. The van der Waals surface area contributed by atoms with Crippen LogP contribution < -0.4 is 9.64 Å². The molecule has 0 amide bonds. The second-order valence-corrected chi connectivity index (χ2v) is 4.52. The number of benzene rings is 1. The van der Waals surface area contributed by atoms with Gasteiger partial charge in [-0.05, 0) is 12.8 Å². The van der Waals surface area contributed by atoms with E-state index in [9.17, 15) is 20.2 Å². The van der Waals surface area contributed by atoms with Crippen LogP contribution in [-0.4, -0.2) is 30.0 Å². The fraction of sp³-hybridized carbons (Fsp3) is 0.538. The lowest BCUT2D eigenvalue weighted by molar-refractivity contribution is -0.392. The summed E-state index contributed by atoms with van der Waals surface area (Å²) in [5.41, 5.74) is -0.555. The van der Waals surface area contributed by atoms with Gasteiger partial charge < -0.3 is 9.64 Å². The molecule has 8 heteroatoms. The summed E-state index contributed by atoms with van der Waals surface area (Å²) in [5.74, 6) is 0.102. The monoisotopic (exact) mass is 297 g/mol. The molecule has 1 rings (SSSR count). The van der Waals surface area contributed by atoms with Crippen LogP contribution in [-0.2, 0) is 0 Å². The van der Waals surface area contributed by atoms with Crippen LogP contribution in [0.2, 0.25) is 0 Å². The number of rotatable bonds is 8. The second-order valence-electron chi connectivity index (χ2n) is 4.52. The number of nitro groups is 2. The Morgan fingerprint density at radius 3 is 1.76 bits per heavy atom. The van der Waals surface area contributed by atoms with Gasteiger partial charge in [0, 0.05) is 13.1 Å². The van der Waals surface area contributed by atoms with Crippen LogP contribution >= 0.6 is 0 Å². The van der Waals surface area contributed by atoms with E-state index in [-0.39, 0.29) is 22.8 Å². The molecule has 0 atom stereocenters. The van der Waals surface area contributed by atoms with Crippen LogP contribution in [0.3, 0.4) is 0 Å². The van der Waals surface area contributed by atoms with Crippen molar-refractivity contribution in [3.05, 3.63) is 32.4 Å². The highest BCUT2D eigenvalue weighted by Crippen LogP contribution is 2.41. The van der Waals surface area contributed by atoms with Crippen LogP contribution in [0.15, 0.2) is 12.1 Å². The first-order chi connectivity index (χ1) is 9.96. The molecule has 0 N–H and O–H groups in total. The van der Waals surface area contributed by atoms with Crippen LogP contribution in [0.25, 0.3) is 0 Å². The van der Waals surface area contributed by atoms with E-state index < -0.39 is 9.85 Å². The minimum absolute atomic E-state index is 0.0505. The van der Waals surface area contributed by atoms with Gasteiger partial charge in [-0.25, -0.2) is 0 Å². The Labute approximate surface area is 122 Å². The lowest BCUT2D eigenvalue weighted by Gasteiger charge is -2.23. The van der Waals surface area contributed by atoms with Crippen molar-refractivity contribution in [2.45, 2.75) is 26.7 Å². The van der Waals surface area contributed by atoms with E-state index in [1.165, 1.54) is 19.2 Å². The summed E-state index contributed by atoms with van der Waals surface area (Å²) in [4.78, 5) is 23.0. The molecule has 21 heavy (non-hydrogen) atoms. The molecule has 0 saturated heterocycles. The van der Waals surface area contributed by atoms with Gasteiger partial charge in [-0.15, -0.1) is 0 Å². The fourth-order valence-electron chi connectivity index (χ4n) is 2.17. The molecule has 0 unspecified atom stereocenters. The number of anilines is 1. The summed E-state index contributed by atoms with van der Waals surface area (Å²) in [7, 11) is 1.32. The Hall–Kier alpha value is -2.38. The smallest absolute Gasteiger partial charge is 0.303 e. The van der Waals surface area contributed by atoms with Crippen LogP contribution in [0.4, 0.5) is 17.1 Å². The van der Waals surface area contributed by atoms with Crippen LogP contribution in [0.1, 0.15) is 26.7 Å². The van der Waals surface area contributed by atoms with Crippen molar-refractivity contribution in [2.24, 2.45) is 0 Å². The van der Waals surface area contributed by atoms with Crippen molar-refractivity contribution in [2.75, 3.05) is 25.1 Å². The van der Waals surface area contributed by atoms with Gasteiger partial charge in [0.15, 0.2) is 5.69 Å². The minimum Gasteiger partial charge on any atom is -0.496 e. The summed E-state index contributed by atoms with van der Waals surface area (Å²) >= 11 is 0. The molecule has 0 spiro atoms. The molecule has 0 radical (unpaired) electrons. The highest BCUT2D eigenvalue weighted by Gasteiger charge is 2.30. The summed E-state index contributed by atoms with van der Waals surface area (Å²) < 4.78 is 4.92. The van der Waals surface area contributed by atoms with E-state index in [2.05, 4.69) is 0 Å². The standard InChI is InChI=1S/C13H19N3O5/c1-4-6-14(7-5-2)13-11(15(17)18)8-10(21-3)9-12(13)16(19)20/h8-9H,4-7H2,1-3H3. The Morgan fingerprint density at radius 1 is 1.05 bits per heavy atom. The Balaban J connectivity index is 3.56. The van der Waals surface area contributed by atoms with E-state index >= 15 is 0 Å². The second kappa shape index (κ2) is 7.41. The molecule has 0 saturated carbocycles. The molecule has 0 heterocycles. The maximum Gasteiger partial charge on any atom is 0.303 e. The first kappa shape index (κ1) is 16.7. The average molecular weight is 297 g/mol. The highest BCUT2D eigenvalue weighted by molar-refractivity contribution is 5.77. The molecule has 0 bridgehead atoms. The van der Waals surface area contributed by atoms with Crippen LogP contribution in [0.5, 0.6) is 5.75 Å². The van der Waals surface area contributed by atoms with Gasteiger partial charge in [-0.1, -0.05) is 13.8 Å². The molecular formula is C13H19N3O5. The quantitative estimate of drug-likeness (QED) is 0.540. The van der Waals surface area contributed by atoms with Crippen molar-refractivity contribution < 1.29 is 14.6 Å². The van der Waals surface area contributed by atoms with E-state index in [1.807, 2.05) is 13.8 Å². The minimum atomic E-state index is -0.608. The lowest BCUT2D eigenvalue weighted by Crippen LogP contribution is -2.26. The van der Waals surface area contributed by atoms with Gasteiger partial charge in [0.2, 0.25) is 0 Å². The van der Waals surface area contributed by atoms with Crippen molar-refractivity contribution in [3.63, 3.8) is 0 Å². The molecule has 0 aliphatic carbocycles. The molecule has 0 aliphatic heterocycles. The van der Waals surface area contributed by atoms with Gasteiger partial charge in [-0.3, -0.25) is 20.2 Å². The topological polar surface area (TPSA) is 98.8 Å². The third kappa shape index (κ3) is 3.80. The fourth-order valence-corrected chi connectivity index (χ4v) is 2.17. The summed E-state index contributed by atoms with van der Waals surface area (Å²) in [5, 5.41) is 22.6. The predicted octanol–water partition coefficient (Wildman–Crippen LogP) is 3.14. The highest BCUT2D eigenvalue weighted by atomic mass is 16.6. The molecule has 0 aliphatic rings. The van der Waals surface area contributed by atoms with Gasteiger partial charge in [0.1, 0.15) is 5.75 Å². The molecule has 0 fully saturated rings. The average Bonchev–Trinajstić information content (AvgIpc) is 2.45. The Kier molecular flexibility index (Phi) is 5.89. The molecule has 0 aromatic heterocycles. The van der Waals surface area contributed by atoms with Crippen molar-refractivity contribution in [1.82, 2.24) is 0 Å². The van der Waals surface area contributed by atoms with Gasteiger partial charge >= 0.3 is 11.4 Å². The van der Waals surface area contributed by atoms with E-state index in [0.29, 0.717) is 13.1 Å².